The summed E-state index contributed by atoms with van der Waals surface area (Å²) >= 11 is 0. The number of aldehydes is 1. The molecule has 0 aromatic heterocycles. The molecule has 0 N–H and O–H groups in total. The predicted molar refractivity (Wildman–Crippen MR) is 84.8 cm³/mol. The number of ether oxygens (including phenoxy) is 2. The Balaban J connectivity index is 1.70. The van der Waals surface area contributed by atoms with Crippen LogP contribution in [0.3, 0.4) is 0 Å². The minimum atomic E-state index is -0.606. The van der Waals surface area contributed by atoms with Gasteiger partial charge >= 0.3 is 12.1 Å². The number of hydrogen-bond donors (Lipinski definition) is 0. The zero-order valence-electron chi connectivity index (χ0n) is 13.3. The van der Waals surface area contributed by atoms with Crippen LogP contribution in [-0.4, -0.2) is 42.9 Å². The lowest BCUT2D eigenvalue weighted by Crippen LogP contribution is -2.59. The molecule has 4 atom stereocenters. The van der Waals surface area contributed by atoms with Gasteiger partial charge < -0.3 is 19.2 Å². The van der Waals surface area contributed by atoms with E-state index in [2.05, 4.69) is 0 Å². The van der Waals surface area contributed by atoms with Crippen LogP contribution in [0.2, 0.25) is 0 Å². The van der Waals surface area contributed by atoms with Gasteiger partial charge in [0.15, 0.2) is 0 Å². The average molecular weight is 329 g/mol. The first-order chi connectivity index (χ1) is 11.7. The van der Waals surface area contributed by atoms with Crippen molar-refractivity contribution in [1.82, 2.24) is 4.90 Å². The predicted octanol–water partition coefficient (Wildman–Crippen LogP) is 1.80. The Labute approximate surface area is 140 Å². The molecule has 3 aliphatic rings. The third-order valence-electron chi connectivity index (χ3n) is 4.66. The Kier molecular flexibility index (Phi) is 4.64. The molecule has 2 heterocycles. The minimum Gasteiger partial charge on any atom is -0.469 e. The van der Waals surface area contributed by atoms with Gasteiger partial charge in [0.1, 0.15) is 12.9 Å². The molecule has 2 bridgehead atoms. The fourth-order valence-corrected chi connectivity index (χ4v) is 3.47. The molecule has 1 saturated heterocycles. The van der Waals surface area contributed by atoms with Crippen LogP contribution in [0, 0.1) is 17.8 Å². The Morgan fingerprint density at radius 3 is 2.67 bits per heavy atom. The largest absolute Gasteiger partial charge is 0.469 e. The monoisotopic (exact) mass is 329 g/mol. The molecule has 1 aromatic rings. The molecule has 1 aromatic carbocycles. The first-order valence-corrected chi connectivity index (χ1v) is 7.84. The summed E-state index contributed by atoms with van der Waals surface area (Å²) in [6.07, 6.45) is 3.94. The van der Waals surface area contributed by atoms with Crippen molar-refractivity contribution >= 4 is 18.3 Å². The lowest BCUT2D eigenvalue weighted by atomic mass is 9.69. The molecular weight excluding hydrogens is 310 g/mol. The summed E-state index contributed by atoms with van der Waals surface area (Å²) in [6.45, 7) is 0.516. The maximum absolute atomic E-state index is 12.4. The number of benzene rings is 1. The van der Waals surface area contributed by atoms with E-state index in [4.69, 9.17) is 9.47 Å². The van der Waals surface area contributed by atoms with Gasteiger partial charge in [0.2, 0.25) is 0 Å². The molecule has 2 aliphatic heterocycles. The van der Waals surface area contributed by atoms with E-state index in [0.717, 1.165) is 11.8 Å². The van der Waals surface area contributed by atoms with Crippen LogP contribution >= 0.6 is 0 Å². The van der Waals surface area contributed by atoms with Crippen molar-refractivity contribution in [2.75, 3.05) is 13.7 Å². The van der Waals surface area contributed by atoms with Crippen molar-refractivity contribution in [1.29, 1.82) is 0 Å². The molecule has 0 saturated carbocycles. The Hall–Kier alpha value is -2.63. The molecule has 1 aliphatic carbocycles. The van der Waals surface area contributed by atoms with E-state index >= 15 is 0 Å². The zero-order valence-corrected chi connectivity index (χ0v) is 13.3. The highest BCUT2D eigenvalue weighted by Crippen LogP contribution is 2.39. The Morgan fingerprint density at radius 2 is 2.00 bits per heavy atom. The smallest absolute Gasteiger partial charge is 0.410 e. The second kappa shape index (κ2) is 6.86. The van der Waals surface area contributed by atoms with E-state index in [1.54, 1.807) is 6.08 Å². The highest BCUT2D eigenvalue weighted by atomic mass is 16.6. The van der Waals surface area contributed by atoms with Crippen LogP contribution in [0.5, 0.6) is 0 Å². The van der Waals surface area contributed by atoms with Crippen LogP contribution < -0.4 is 0 Å². The van der Waals surface area contributed by atoms with Gasteiger partial charge in [0.25, 0.3) is 0 Å². The molecule has 6 heteroatoms. The van der Waals surface area contributed by atoms with Crippen LogP contribution in [-0.2, 0) is 25.7 Å². The molecule has 24 heavy (non-hydrogen) atoms. The maximum Gasteiger partial charge on any atom is 0.410 e. The standard InChI is InChI=1S/C18H19NO5/c1-23-17(21)16-13-7-8-15(14(16)10-20)19(9-13)18(22)24-11-12-5-3-2-4-6-12/h2-8,10,13-16H,9,11H2,1H3/t13-,14+,15+,16+/m0/s1. The highest BCUT2D eigenvalue weighted by molar-refractivity contribution is 5.80. The summed E-state index contributed by atoms with van der Waals surface area (Å²) in [7, 11) is 1.31. The normalized spacial score (nSPS) is 27.6. The number of rotatable bonds is 4. The summed E-state index contributed by atoms with van der Waals surface area (Å²) in [6, 6.07) is 8.91. The van der Waals surface area contributed by atoms with Gasteiger partial charge in [-0.25, -0.2) is 4.79 Å². The number of piperidine rings is 1. The molecule has 1 amide bonds. The van der Waals surface area contributed by atoms with E-state index < -0.39 is 29.9 Å². The fourth-order valence-electron chi connectivity index (χ4n) is 3.47. The Bertz CT molecular complexity index is 657. The lowest BCUT2D eigenvalue weighted by molar-refractivity contribution is -0.154. The van der Waals surface area contributed by atoms with Gasteiger partial charge in [-0.1, -0.05) is 42.5 Å². The topological polar surface area (TPSA) is 72.9 Å². The van der Waals surface area contributed by atoms with E-state index in [1.807, 2.05) is 36.4 Å². The summed E-state index contributed by atoms with van der Waals surface area (Å²) in [5.74, 6) is -1.79. The van der Waals surface area contributed by atoms with Crippen molar-refractivity contribution in [2.45, 2.75) is 12.6 Å². The lowest BCUT2D eigenvalue weighted by Gasteiger charge is -2.47. The van der Waals surface area contributed by atoms with E-state index in [0.29, 0.717) is 6.54 Å². The van der Waals surface area contributed by atoms with Crippen molar-refractivity contribution in [3.63, 3.8) is 0 Å². The van der Waals surface area contributed by atoms with Gasteiger partial charge in [0, 0.05) is 12.5 Å². The van der Waals surface area contributed by atoms with Crippen molar-refractivity contribution in [3.8, 4) is 0 Å². The third kappa shape index (κ3) is 2.91. The second-order valence-corrected chi connectivity index (χ2v) is 5.99. The number of methoxy groups -OCH3 is 1. The van der Waals surface area contributed by atoms with E-state index in [9.17, 15) is 14.4 Å². The van der Waals surface area contributed by atoms with Crippen LogP contribution in [0.15, 0.2) is 42.5 Å². The number of carbonyl (C=O) groups excluding carboxylic acids is 3. The van der Waals surface area contributed by atoms with Crippen LogP contribution in [0.4, 0.5) is 4.79 Å². The number of hydrogen-bond acceptors (Lipinski definition) is 5. The summed E-state index contributed by atoms with van der Waals surface area (Å²) < 4.78 is 10.2. The third-order valence-corrected chi connectivity index (χ3v) is 4.66. The van der Waals surface area contributed by atoms with Crippen molar-refractivity contribution < 1.29 is 23.9 Å². The molecule has 0 spiro atoms. The Morgan fingerprint density at radius 1 is 1.25 bits per heavy atom. The van der Waals surface area contributed by atoms with Gasteiger partial charge in [-0.3, -0.25) is 4.79 Å². The number of amides is 1. The minimum absolute atomic E-state index is 0.170. The molecule has 6 nitrogen and oxygen atoms in total. The quantitative estimate of drug-likeness (QED) is 0.478. The van der Waals surface area contributed by atoms with Crippen LogP contribution in [0.25, 0.3) is 0 Å². The number of nitrogens with zero attached hydrogens (tertiary/aromatic N) is 1. The van der Waals surface area contributed by atoms with Crippen molar-refractivity contribution in [3.05, 3.63) is 48.0 Å². The first kappa shape index (κ1) is 16.2. The summed E-state index contributed by atoms with van der Waals surface area (Å²) in [4.78, 5) is 37.4. The van der Waals surface area contributed by atoms with Gasteiger partial charge in [-0.05, 0) is 5.56 Å². The van der Waals surface area contributed by atoms with E-state index in [-0.39, 0.29) is 12.5 Å². The fraction of sp³-hybridized carbons (Fsp3) is 0.389. The van der Waals surface area contributed by atoms with Gasteiger partial charge in [-0.15, -0.1) is 0 Å². The molecular formula is C18H19NO5. The second-order valence-electron chi connectivity index (χ2n) is 5.99. The molecule has 0 unspecified atom stereocenters. The summed E-state index contributed by atoms with van der Waals surface area (Å²) in [5, 5.41) is 0. The molecule has 1 fully saturated rings. The maximum atomic E-state index is 12.4. The molecule has 126 valence electrons. The highest BCUT2D eigenvalue weighted by Gasteiger charge is 2.50. The average Bonchev–Trinajstić information content (AvgIpc) is 2.65. The van der Waals surface area contributed by atoms with Crippen molar-refractivity contribution in [2.24, 2.45) is 17.8 Å². The number of carbonyl (C=O) groups is 3. The first-order valence-electron chi connectivity index (χ1n) is 7.84. The van der Waals surface area contributed by atoms with Gasteiger partial charge in [0.05, 0.1) is 25.0 Å². The number of fused-ring (bicyclic) bond motifs is 2. The zero-order chi connectivity index (χ0) is 17.1. The van der Waals surface area contributed by atoms with E-state index in [1.165, 1.54) is 12.0 Å². The molecule has 0 radical (unpaired) electrons. The summed E-state index contributed by atoms with van der Waals surface area (Å²) in [5.41, 5.74) is 0.892. The van der Waals surface area contributed by atoms with Crippen LogP contribution in [0.1, 0.15) is 5.56 Å². The number of esters is 1. The molecule has 4 rings (SSSR count). The SMILES string of the molecule is COC(=O)[C@H]1[C@H](C=O)[C@H]2C=C[C@H]1CN2C(=O)OCc1ccccc1. The van der Waals surface area contributed by atoms with Gasteiger partial charge in [-0.2, -0.15) is 0 Å².